The Hall–Kier alpha value is -1.84. The summed E-state index contributed by atoms with van der Waals surface area (Å²) in [5, 5.41) is 6.50. The summed E-state index contributed by atoms with van der Waals surface area (Å²) in [6, 6.07) is 8.23. The molecule has 0 N–H and O–H groups in total. The number of likely N-dealkylation sites (tertiary alicyclic amines) is 1. The maximum Gasteiger partial charge on any atom is 0.254 e. The minimum atomic E-state index is 0.162. The molecule has 3 rings (SSSR count). The van der Waals surface area contributed by atoms with Crippen molar-refractivity contribution >= 4 is 17.3 Å². The predicted molar refractivity (Wildman–Crippen MR) is 85.9 cm³/mol. The first kappa shape index (κ1) is 14.1. The lowest BCUT2D eigenvalue weighted by Gasteiger charge is -2.33. The van der Waals surface area contributed by atoms with E-state index >= 15 is 0 Å². The van der Waals surface area contributed by atoms with E-state index < -0.39 is 0 Å². The quantitative estimate of drug-likeness (QED) is 0.836. The highest BCUT2D eigenvalue weighted by Crippen LogP contribution is 2.23. The second kappa shape index (κ2) is 5.88. The summed E-state index contributed by atoms with van der Waals surface area (Å²) >= 11 is 0. The van der Waals surface area contributed by atoms with E-state index in [0.717, 1.165) is 49.3 Å². The Balaban J connectivity index is 1.73. The summed E-state index contributed by atoms with van der Waals surface area (Å²) in [6.45, 7) is 6.02. The van der Waals surface area contributed by atoms with E-state index in [1.165, 1.54) is 6.42 Å². The standard InChI is InChI=1S/C17H23N3O/c1-13-10-12-20(18-13)16-8-6-15(7-9-16)17(21)19-11-4-3-5-14(19)2/h6-9,14H,3-5,10-12H2,1-2H3/t14-/m1/s1. The first-order valence-corrected chi connectivity index (χ1v) is 7.88. The van der Waals surface area contributed by atoms with Crippen LogP contribution >= 0.6 is 0 Å². The normalized spacial score (nSPS) is 22.4. The molecular weight excluding hydrogens is 262 g/mol. The molecule has 1 amide bonds. The summed E-state index contributed by atoms with van der Waals surface area (Å²) in [4.78, 5) is 14.6. The molecule has 0 bridgehead atoms. The molecule has 21 heavy (non-hydrogen) atoms. The van der Waals surface area contributed by atoms with E-state index in [4.69, 9.17) is 0 Å². The maximum atomic E-state index is 12.6. The highest BCUT2D eigenvalue weighted by molar-refractivity contribution is 5.95. The van der Waals surface area contributed by atoms with Crippen molar-refractivity contribution in [2.75, 3.05) is 18.1 Å². The first-order chi connectivity index (χ1) is 10.1. The van der Waals surface area contributed by atoms with Crippen LogP contribution in [0.25, 0.3) is 0 Å². The van der Waals surface area contributed by atoms with Crippen molar-refractivity contribution in [2.45, 2.75) is 45.6 Å². The molecule has 2 aliphatic heterocycles. The van der Waals surface area contributed by atoms with Crippen molar-refractivity contribution in [1.29, 1.82) is 0 Å². The lowest BCUT2D eigenvalue weighted by molar-refractivity contribution is 0.0635. The second-order valence-corrected chi connectivity index (χ2v) is 6.10. The lowest BCUT2D eigenvalue weighted by atomic mass is 10.0. The fourth-order valence-electron chi connectivity index (χ4n) is 3.10. The van der Waals surface area contributed by atoms with Gasteiger partial charge in [-0.05, 0) is 57.4 Å². The molecule has 0 aliphatic carbocycles. The Morgan fingerprint density at radius 2 is 1.95 bits per heavy atom. The van der Waals surface area contributed by atoms with Crippen LogP contribution in [0, 0.1) is 0 Å². The number of nitrogens with zero attached hydrogens (tertiary/aromatic N) is 3. The van der Waals surface area contributed by atoms with Gasteiger partial charge in [0.15, 0.2) is 0 Å². The van der Waals surface area contributed by atoms with Crippen molar-refractivity contribution in [3.63, 3.8) is 0 Å². The fourth-order valence-corrected chi connectivity index (χ4v) is 3.10. The molecule has 2 heterocycles. The van der Waals surface area contributed by atoms with E-state index in [9.17, 15) is 4.79 Å². The SMILES string of the molecule is CC1=NN(c2ccc(C(=O)N3CCCC[C@H]3C)cc2)CC1. The molecule has 1 aromatic carbocycles. The molecule has 112 valence electrons. The van der Waals surface area contributed by atoms with Crippen LogP contribution in [0.5, 0.6) is 0 Å². The number of amides is 1. The van der Waals surface area contributed by atoms with Crippen molar-refractivity contribution in [3.05, 3.63) is 29.8 Å². The van der Waals surface area contributed by atoms with Crippen molar-refractivity contribution in [2.24, 2.45) is 5.10 Å². The summed E-state index contributed by atoms with van der Waals surface area (Å²) in [5.74, 6) is 0.162. The van der Waals surface area contributed by atoms with Crippen LogP contribution in [0.2, 0.25) is 0 Å². The molecule has 2 aliphatic rings. The van der Waals surface area contributed by atoms with Crippen LogP contribution < -0.4 is 5.01 Å². The molecule has 0 unspecified atom stereocenters. The number of hydrogen-bond acceptors (Lipinski definition) is 3. The Labute approximate surface area is 126 Å². The molecule has 0 spiro atoms. The highest BCUT2D eigenvalue weighted by Gasteiger charge is 2.24. The molecule has 4 nitrogen and oxygen atoms in total. The third-order valence-corrected chi connectivity index (χ3v) is 4.45. The molecule has 4 heteroatoms. The van der Waals surface area contributed by atoms with Gasteiger partial charge in [-0.2, -0.15) is 5.10 Å². The van der Waals surface area contributed by atoms with Crippen LogP contribution in [0.3, 0.4) is 0 Å². The zero-order chi connectivity index (χ0) is 14.8. The van der Waals surface area contributed by atoms with Gasteiger partial charge < -0.3 is 4.90 Å². The number of carbonyl (C=O) groups excluding carboxylic acids is 1. The molecule has 0 radical (unpaired) electrons. The van der Waals surface area contributed by atoms with Gasteiger partial charge in [0.25, 0.3) is 5.91 Å². The lowest BCUT2D eigenvalue weighted by Crippen LogP contribution is -2.42. The van der Waals surface area contributed by atoms with E-state index in [1.54, 1.807) is 0 Å². The van der Waals surface area contributed by atoms with Gasteiger partial charge >= 0.3 is 0 Å². The number of hydrogen-bond donors (Lipinski definition) is 0. The minimum absolute atomic E-state index is 0.162. The number of rotatable bonds is 2. The van der Waals surface area contributed by atoms with Gasteiger partial charge in [-0.1, -0.05) is 0 Å². The van der Waals surface area contributed by atoms with Gasteiger partial charge in [-0.25, -0.2) is 0 Å². The van der Waals surface area contributed by atoms with E-state index in [1.807, 2.05) is 34.2 Å². The smallest absolute Gasteiger partial charge is 0.254 e. The molecule has 1 atom stereocenters. The monoisotopic (exact) mass is 285 g/mol. The number of anilines is 1. The van der Waals surface area contributed by atoms with Gasteiger partial charge in [0.1, 0.15) is 0 Å². The summed E-state index contributed by atoms with van der Waals surface area (Å²) < 4.78 is 0. The number of piperidine rings is 1. The third-order valence-electron chi connectivity index (χ3n) is 4.45. The van der Waals surface area contributed by atoms with Crippen LogP contribution in [0.4, 0.5) is 5.69 Å². The van der Waals surface area contributed by atoms with E-state index in [2.05, 4.69) is 18.9 Å². The number of benzene rings is 1. The summed E-state index contributed by atoms with van der Waals surface area (Å²) in [5.41, 5.74) is 3.01. The second-order valence-electron chi connectivity index (χ2n) is 6.10. The van der Waals surface area contributed by atoms with Crippen molar-refractivity contribution < 1.29 is 4.79 Å². The minimum Gasteiger partial charge on any atom is -0.336 e. The molecular formula is C17H23N3O. The van der Waals surface area contributed by atoms with Gasteiger partial charge in [0, 0.05) is 36.8 Å². The Bertz CT molecular complexity index is 550. The number of hydrazone groups is 1. The Morgan fingerprint density at radius 3 is 2.57 bits per heavy atom. The fraction of sp³-hybridized carbons (Fsp3) is 0.529. The van der Waals surface area contributed by atoms with E-state index in [0.29, 0.717) is 6.04 Å². The van der Waals surface area contributed by atoms with E-state index in [-0.39, 0.29) is 5.91 Å². The first-order valence-electron chi connectivity index (χ1n) is 7.88. The average molecular weight is 285 g/mol. The van der Waals surface area contributed by atoms with Gasteiger partial charge in [0.2, 0.25) is 0 Å². The molecule has 0 saturated carbocycles. The zero-order valence-electron chi connectivity index (χ0n) is 12.9. The maximum absolute atomic E-state index is 12.6. The summed E-state index contributed by atoms with van der Waals surface area (Å²) in [6.07, 6.45) is 4.49. The zero-order valence-corrected chi connectivity index (χ0v) is 12.9. The molecule has 1 fully saturated rings. The topological polar surface area (TPSA) is 35.9 Å². The molecule has 0 aromatic heterocycles. The predicted octanol–water partition coefficient (Wildman–Crippen LogP) is 3.29. The molecule has 1 aromatic rings. The largest absolute Gasteiger partial charge is 0.336 e. The molecule has 1 saturated heterocycles. The average Bonchev–Trinajstić information content (AvgIpc) is 2.94. The van der Waals surface area contributed by atoms with Crippen LogP contribution in [-0.2, 0) is 0 Å². The van der Waals surface area contributed by atoms with Crippen molar-refractivity contribution in [3.8, 4) is 0 Å². The number of carbonyl (C=O) groups is 1. The van der Waals surface area contributed by atoms with Crippen molar-refractivity contribution in [1.82, 2.24) is 4.90 Å². The highest BCUT2D eigenvalue weighted by atomic mass is 16.2. The van der Waals surface area contributed by atoms with Crippen LogP contribution in [-0.4, -0.2) is 35.7 Å². The van der Waals surface area contributed by atoms with Gasteiger partial charge in [0.05, 0.1) is 5.69 Å². The Morgan fingerprint density at radius 1 is 1.19 bits per heavy atom. The Kier molecular flexibility index (Phi) is 3.95. The van der Waals surface area contributed by atoms with Gasteiger partial charge in [-0.3, -0.25) is 9.80 Å². The van der Waals surface area contributed by atoms with Crippen LogP contribution in [0.1, 0.15) is 49.9 Å². The third kappa shape index (κ3) is 2.94. The van der Waals surface area contributed by atoms with Gasteiger partial charge in [-0.15, -0.1) is 0 Å². The summed E-state index contributed by atoms with van der Waals surface area (Å²) in [7, 11) is 0. The van der Waals surface area contributed by atoms with Crippen LogP contribution in [0.15, 0.2) is 29.4 Å².